The monoisotopic (exact) mass is 321 g/mol. The number of hydrogen-bond acceptors (Lipinski definition) is 4. The molecule has 1 aromatic heterocycles. The number of aryl methyl sites for hydroxylation is 2. The zero-order valence-corrected chi connectivity index (χ0v) is 15.2. The van der Waals surface area contributed by atoms with Crippen LogP contribution >= 0.6 is 0 Å². The summed E-state index contributed by atoms with van der Waals surface area (Å²) in [5.41, 5.74) is 2.31. The van der Waals surface area contributed by atoms with Crippen LogP contribution in [0.4, 0.5) is 0 Å². The number of amides is 1. The van der Waals surface area contributed by atoms with Crippen LogP contribution in [0, 0.1) is 13.8 Å². The molecule has 6 heteroatoms. The molecule has 0 radical (unpaired) electrons. The average molecular weight is 321 g/mol. The van der Waals surface area contributed by atoms with Crippen LogP contribution in [0.5, 0.6) is 0 Å². The highest BCUT2D eigenvalue weighted by molar-refractivity contribution is 5.77. The lowest BCUT2D eigenvalue weighted by Crippen LogP contribution is -2.41. The second kappa shape index (κ2) is 7.93. The van der Waals surface area contributed by atoms with Gasteiger partial charge in [-0.3, -0.25) is 19.3 Å². The second-order valence-corrected chi connectivity index (χ2v) is 6.91. The van der Waals surface area contributed by atoms with Gasteiger partial charge in [0.05, 0.1) is 18.8 Å². The Kier molecular flexibility index (Phi) is 6.18. The molecule has 0 aliphatic carbocycles. The van der Waals surface area contributed by atoms with E-state index >= 15 is 0 Å². The molecular formula is C17H31N5O. The van der Waals surface area contributed by atoms with Gasteiger partial charge in [-0.05, 0) is 46.3 Å². The van der Waals surface area contributed by atoms with E-state index in [0.29, 0.717) is 12.6 Å². The van der Waals surface area contributed by atoms with Gasteiger partial charge in [0.15, 0.2) is 0 Å². The van der Waals surface area contributed by atoms with E-state index in [9.17, 15) is 4.79 Å². The van der Waals surface area contributed by atoms with Crippen molar-refractivity contribution in [3.63, 3.8) is 0 Å². The molecule has 1 atom stereocenters. The molecule has 1 fully saturated rings. The minimum absolute atomic E-state index is 0.189. The zero-order valence-electron chi connectivity index (χ0n) is 15.2. The van der Waals surface area contributed by atoms with E-state index in [-0.39, 0.29) is 5.91 Å². The first-order chi connectivity index (χ1) is 10.9. The molecule has 0 N–H and O–H groups in total. The number of nitrogens with zero attached hydrogens (tertiary/aromatic N) is 5. The van der Waals surface area contributed by atoms with E-state index in [2.05, 4.69) is 39.5 Å². The predicted octanol–water partition coefficient (Wildman–Crippen LogP) is 0.984. The van der Waals surface area contributed by atoms with Crippen molar-refractivity contribution in [1.29, 1.82) is 0 Å². The Hall–Kier alpha value is -1.40. The van der Waals surface area contributed by atoms with Gasteiger partial charge < -0.3 is 4.90 Å². The van der Waals surface area contributed by atoms with Gasteiger partial charge in [-0.1, -0.05) is 0 Å². The quantitative estimate of drug-likeness (QED) is 0.811. The normalized spacial score (nSPS) is 18.7. The Morgan fingerprint density at radius 1 is 1.26 bits per heavy atom. The van der Waals surface area contributed by atoms with E-state index in [1.807, 2.05) is 21.0 Å². The fraction of sp³-hybridized carbons (Fsp3) is 0.765. The molecule has 1 aliphatic heterocycles. The molecular weight excluding hydrogens is 290 g/mol. The Morgan fingerprint density at radius 2 is 2.00 bits per heavy atom. The van der Waals surface area contributed by atoms with Crippen LogP contribution in [0.2, 0.25) is 0 Å². The average Bonchev–Trinajstić information content (AvgIpc) is 2.67. The molecule has 6 nitrogen and oxygen atoms in total. The topological polar surface area (TPSA) is 44.6 Å². The number of rotatable bonds is 5. The van der Waals surface area contributed by atoms with Crippen molar-refractivity contribution in [2.75, 3.05) is 46.8 Å². The minimum Gasteiger partial charge on any atom is -0.348 e. The molecule has 2 heterocycles. The summed E-state index contributed by atoms with van der Waals surface area (Å²) in [5, 5.41) is 4.57. The Morgan fingerprint density at radius 3 is 2.61 bits per heavy atom. The first kappa shape index (κ1) is 17.9. The maximum Gasteiger partial charge on any atom is 0.236 e. The predicted molar refractivity (Wildman–Crippen MR) is 92.5 cm³/mol. The summed E-state index contributed by atoms with van der Waals surface area (Å²) in [6, 6.07) is 2.58. The first-order valence-corrected chi connectivity index (χ1v) is 8.54. The van der Waals surface area contributed by atoms with Gasteiger partial charge in [0.1, 0.15) is 0 Å². The molecule has 23 heavy (non-hydrogen) atoms. The van der Waals surface area contributed by atoms with Gasteiger partial charge in [0.25, 0.3) is 0 Å². The summed E-state index contributed by atoms with van der Waals surface area (Å²) >= 11 is 0. The van der Waals surface area contributed by atoms with Gasteiger partial charge in [-0.2, -0.15) is 5.10 Å². The number of carbonyl (C=O) groups is 1. The van der Waals surface area contributed by atoms with Crippen LogP contribution in [0.15, 0.2) is 6.07 Å². The van der Waals surface area contributed by atoms with Gasteiger partial charge in [0.2, 0.25) is 5.91 Å². The molecule has 2 rings (SSSR count). The molecule has 1 aliphatic rings. The van der Waals surface area contributed by atoms with Gasteiger partial charge in [0, 0.05) is 38.9 Å². The maximum atomic E-state index is 11.9. The Labute approximate surface area is 140 Å². The van der Waals surface area contributed by atoms with Crippen molar-refractivity contribution in [2.45, 2.75) is 39.8 Å². The van der Waals surface area contributed by atoms with E-state index in [0.717, 1.165) is 44.8 Å². The molecule has 0 spiro atoms. The summed E-state index contributed by atoms with van der Waals surface area (Å²) in [6.45, 7) is 12.0. The third-order valence-electron chi connectivity index (χ3n) is 4.64. The van der Waals surface area contributed by atoms with Crippen molar-refractivity contribution in [2.24, 2.45) is 0 Å². The van der Waals surface area contributed by atoms with Crippen molar-refractivity contribution in [1.82, 2.24) is 24.5 Å². The highest BCUT2D eigenvalue weighted by Gasteiger charge is 2.21. The smallest absolute Gasteiger partial charge is 0.236 e. The molecule has 0 saturated carbocycles. The van der Waals surface area contributed by atoms with E-state index < -0.39 is 0 Å². The van der Waals surface area contributed by atoms with Gasteiger partial charge in [-0.25, -0.2) is 0 Å². The van der Waals surface area contributed by atoms with Crippen LogP contribution in [-0.4, -0.2) is 83.2 Å². The molecule has 1 amide bonds. The zero-order chi connectivity index (χ0) is 17.0. The molecule has 1 aromatic rings. The van der Waals surface area contributed by atoms with E-state index in [1.54, 1.807) is 4.90 Å². The third-order valence-corrected chi connectivity index (χ3v) is 4.64. The highest BCUT2D eigenvalue weighted by atomic mass is 16.2. The molecule has 0 bridgehead atoms. The standard InChI is InChI=1S/C17H31N5O/c1-14-11-15(2)22(18-14)12-16(3)21-8-6-7-20(9-10-21)13-17(23)19(4)5/h11,16H,6-10,12-13H2,1-5H3. The lowest BCUT2D eigenvalue weighted by Gasteiger charge is -2.28. The fourth-order valence-electron chi connectivity index (χ4n) is 3.15. The van der Waals surface area contributed by atoms with Crippen LogP contribution in [0.25, 0.3) is 0 Å². The summed E-state index contributed by atoms with van der Waals surface area (Å²) in [6.07, 6.45) is 1.11. The van der Waals surface area contributed by atoms with Crippen molar-refractivity contribution >= 4 is 5.91 Å². The maximum absolute atomic E-state index is 11.9. The second-order valence-electron chi connectivity index (χ2n) is 6.91. The SMILES string of the molecule is Cc1cc(C)n(CC(C)N2CCCN(CC(=O)N(C)C)CC2)n1. The largest absolute Gasteiger partial charge is 0.348 e. The van der Waals surface area contributed by atoms with Crippen LogP contribution in [0.3, 0.4) is 0 Å². The minimum atomic E-state index is 0.189. The summed E-state index contributed by atoms with van der Waals surface area (Å²) < 4.78 is 2.11. The lowest BCUT2D eigenvalue weighted by atomic mass is 10.2. The number of aromatic nitrogens is 2. The van der Waals surface area contributed by atoms with Crippen molar-refractivity contribution in [3.05, 3.63) is 17.5 Å². The van der Waals surface area contributed by atoms with Crippen LogP contribution in [-0.2, 0) is 11.3 Å². The van der Waals surface area contributed by atoms with Crippen molar-refractivity contribution in [3.8, 4) is 0 Å². The highest BCUT2D eigenvalue weighted by Crippen LogP contribution is 2.11. The molecule has 1 unspecified atom stereocenters. The van der Waals surface area contributed by atoms with Crippen LogP contribution in [0.1, 0.15) is 24.7 Å². The van der Waals surface area contributed by atoms with Gasteiger partial charge >= 0.3 is 0 Å². The summed E-state index contributed by atoms with van der Waals surface area (Å²) in [5.74, 6) is 0.189. The number of hydrogen-bond donors (Lipinski definition) is 0. The third kappa shape index (κ3) is 5.04. The van der Waals surface area contributed by atoms with Gasteiger partial charge in [-0.15, -0.1) is 0 Å². The Balaban J connectivity index is 1.87. The fourth-order valence-corrected chi connectivity index (χ4v) is 3.15. The number of likely N-dealkylation sites (N-methyl/N-ethyl adjacent to an activating group) is 1. The molecule has 1 saturated heterocycles. The molecule has 130 valence electrons. The Bertz CT molecular complexity index is 525. The first-order valence-electron chi connectivity index (χ1n) is 8.54. The van der Waals surface area contributed by atoms with Crippen molar-refractivity contribution < 1.29 is 4.79 Å². The lowest BCUT2D eigenvalue weighted by molar-refractivity contribution is -0.129. The number of carbonyl (C=O) groups excluding carboxylic acids is 1. The summed E-state index contributed by atoms with van der Waals surface area (Å²) in [7, 11) is 3.64. The van der Waals surface area contributed by atoms with Crippen LogP contribution < -0.4 is 0 Å². The molecule has 0 aromatic carbocycles. The van der Waals surface area contributed by atoms with E-state index in [1.165, 1.54) is 5.69 Å². The summed E-state index contributed by atoms with van der Waals surface area (Å²) in [4.78, 5) is 18.4. The van der Waals surface area contributed by atoms with E-state index in [4.69, 9.17) is 0 Å².